The molecule has 0 radical (unpaired) electrons. The van der Waals surface area contributed by atoms with Crippen LogP contribution in [0.3, 0.4) is 0 Å². The van der Waals surface area contributed by atoms with E-state index in [1.165, 1.54) is 5.56 Å². The van der Waals surface area contributed by atoms with Crippen LogP contribution in [0.5, 0.6) is 0 Å². The van der Waals surface area contributed by atoms with Crippen LogP contribution in [-0.4, -0.2) is 47.7 Å². The van der Waals surface area contributed by atoms with Crippen LogP contribution in [0.1, 0.15) is 24.0 Å². The number of nitrogens with zero attached hydrogens (tertiary/aromatic N) is 2. The van der Waals surface area contributed by atoms with Crippen molar-refractivity contribution in [3.8, 4) is 0 Å². The van der Waals surface area contributed by atoms with Crippen molar-refractivity contribution in [2.24, 2.45) is 0 Å². The Balaban J connectivity index is 1.53. The lowest BCUT2D eigenvalue weighted by Gasteiger charge is -2.43. The molecule has 2 aliphatic heterocycles. The Labute approximate surface area is 161 Å². The Morgan fingerprint density at radius 3 is 1.93 bits per heavy atom. The number of hydrogen-bond donors (Lipinski definition) is 1. The molecule has 0 saturated carbocycles. The van der Waals surface area contributed by atoms with Gasteiger partial charge in [0.2, 0.25) is 10.0 Å². The third-order valence-corrected chi connectivity index (χ3v) is 7.61. The number of piperidine rings is 1. The van der Waals surface area contributed by atoms with E-state index < -0.39 is 15.6 Å². The summed E-state index contributed by atoms with van der Waals surface area (Å²) in [5.41, 5.74) is 1.95. The van der Waals surface area contributed by atoms with E-state index in [1.807, 2.05) is 48.5 Å². The Morgan fingerprint density at radius 1 is 0.852 bits per heavy atom. The third-order valence-electron chi connectivity index (χ3n) is 5.80. The van der Waals surface area contributed by atoms with E-state index in [0.717, 1.165) is 25.2 Å². The number of likely N-dealkylation sites (tertiary alicyclic amines) is 1. The van der Waals surface area contributed by atoms with Gasteiger partial charge in [0.1, 0.15) is 5.75 Å². The highest BCUT2D eigenvalue weighted by atomic mass is 32.2. The van der Waals surface area contributed by atoms with Crippen molar-refractivity contribution in [2.45, 2.75) is 31.5 Å². The van der Waals surface area contributed by atoms with Gasteiger partial charge in [-0.25, -0.2) is 8.42 Å². The lowest BCUT2D eigenvalue weighted by atomic mass is 9.83. The Hall–Kier alpha value is -2.02. The predicted octanol–water partition coefficient (Wildman–Crippen LogP) is 2.89. The maximum Gasteiger partial charge on any atom is 0.220 e. The number of nitrogens with one attached hydrogen (secondary N) is 1. The van der Waals surface area contributed by atoms with Gasteiger partial charge < -0.3 is 5.41 Å². The molecular formula is C21H25N3O2S. The van der Waals surface area contributed by atoms with Gasteiger partial charge in [-0.15, -0.1) is 0 Å². The second-order valence-electron chi connectivity index (χ2n) is 7.52. The minimum Gasteiger partial charge on any atom is -0.307 e. The molecule has 0 atom stereocenters. The summed E-state index contributed by atoms with van der Waals surface area (Å²) in [5, 5.41) is 8.49. The summed E-state index contributed by atoms with van der Waals surface area (Å²) in [4.78, 5) is 2.36. The number of rotatable bonds is 4. The fourth-order valence-electron chi connectivity index (χ4n) is 4.28. The molecule has 0 aliphatic carbocycles. The van der Waals surface area contributed by atoms with Gasteiger partial charge in [0.05, 0.1) is 5.54 Å². The van der Waals surface area contributed by atoms with Crippen molar-refractivity contribution < 1.29 is 8.42 Å². The lowest BCUT2D eigenvalue weighted by Crippen LogP contribution is -2.55. The van der Waals surface area contributed by atoms with Crippen LogP contribution in [0.15, 0.2) is 60.7 Å². The van der Waals surface area contributed by atoms with Gasteiger partial charge >= 0.3 is 0 Å². The molecule has 5 nitrogen and oxygen atoms in total. The quantitative estimate of drug-likeness (QED) is 0.883. The van der Waals surface area contributed by atoms with Crippen LogP contribution < -0.4 is 0 Å². The molecule has 2 saturated heterocycles. The van der Waals surface area contributed by atoms with Gasteiger partial charge in [-0.3, -0.25) is 4.90 Å². The van der Waals surface area contributed by atoms with E-state index in [-0.39, 0.29) is 5.75 Å². The van der Waals surface area contributed by atoms with Gasteiger partial charge in [-0.05, 0) is 24.0 Å². The van der Waals surface area contributed by atoms with Crippen LogP contribution >= 0.6 is 0 Å². The molecule has 1 N–H and O–H groups in total. The van der Waals surface area contributed by atoms with Gasteiger partial charge in [0.15, 0.2) is 0 Å². The number of hydrogen-bond acceptors (Lipinski definition) is 4. The fraction of sp³-hybridized carbons (Fsp3) is 0.381. The second-order valence-corrected chi connectivity index (χ2v) is 9.41. The zero-order valence-electron chi connectivity index (χ0n) is 15.3. The van der Waals surface area contributed by atoms with Gasteiger partial charge in [-0.2, -0.15) is 4.31 Å². The number of sulfonamides is 1. The molecule has 142 valence electrons. The molecule has 2 aromatic carbocycles. The summed E-state index contributed by atoms with van der Waals surface area (Å²) >= 11 is 0. The first-order chi connectivity index (χ1) is 13.0. The Morgan fingerprint density at radius 2 is 1.37 bits per heavy atom. The van der Waals surface area contributed by atoms with E-state index in [2.05, 4.69) is 17.0 Å². The highest BCUT2D eigenvalue weighted by Gasteiger charge is 2.54. The topological polar surface area (TPSA) is 64.5 Å². The SMILES string of the molecule is N=C1CS(=O)(=O)N(Cc2ccccc2)C12CCN(Cc1ccccc1)CC2. The van der Waals surface area contributed by atoms with Crippen molar-refractivity contribution in [1.82, 2.24) is 9.21 Å². The van der Waals surface area contributed by atoms with Crippen molar-refractivity contribution in [1.29, 1.82) is 5.41 Å². The minimum atomic E-state index is -3.43. The van der Waals surface area contributed by atoms with E-state index in [0.29, 0.717) is 25.1 Å². The molecule has 1 spiro atoms. The first-order valence-corrected chi connectivity index (χ1v) is 11.0. The van der Waals surface area contributed by atoms with E-state index in [1.54, 1.807) is 4.31 Å². The minimum absolute atomic E-state index is 0.140. The monoisotopic (exact) mass is 383 g/mol. The smallest absolute Gasteiger partial charge is 0.220 e. The zero-order chi connectivity index (χ0) is 18.9. The first kappa shape index (κ1) is 18.3. The Bertz CT molecular complexity index is 905. The van der Waals surface area contributed by atoms with E-state index in [4.69, 9.17) is 5.41 Å². The van der Waals surface area contributed by atoms with Crippen LogP contribution in [0.2, 0.25) is 0 Å². The van der Waals surface area contributed by atoms with E-state index in [9.17, 15) is 8.42 Å². The summed E-state index contributed by atoms with van der Waals surface area (Å²) < 4.78 is 27.2. The molecule has 2 aliphatic rings. The Kier molecular flexibility index (Phi) is 4.88. The second kappa shape index (κ2) is 7.19. The maximum atomic E-state index is 12.8. The molecule has 2 heterocycles. The van der Waals surface area contributed by atoms with Gasteiger partial charge in [0, 0.05) is 31.9 Å². The average molecular weight is 384 g/mol. The normalized spacial score (nSPS) is 22.3. The zero-order valence-corrected chi connectivity index (χ0v) is 16.2. The molecule has 0 bridgehead atoms. The lowest BCUT2D eigenvalue weighted by molar-refractivity contribution is 0.121. The third kappa shape index (κ3) is 3.57. The maximum absolute atomic E-state index is 12.8. The van der Waals surface area contributed by atoms with Crippen molar-refractivity contribution in [3.05, 3.63) is 71.8 Å². The molecule has 0 unspecified atom stereocenters. The summed E-state index contributed by atoms with van der Waals surface area (Å²) in [6.07, 6.45) is 1.37. The van der Waals surface area contributed by atoms with Crippen LogP contribution in [0, 0.1) is 5.41 Å². The largest absolute Gasteiger partial charge is 0.307 e. The van der Waals surface area contributed by atoms with Crippen LogP contribution in [0.25, 0.3) is 0 Å². The molecule has 0 aromatic heterocycles. The molecule has 2 aromatic rings. The molecule has 2 fully saturated rings. The van der Waals surface area contributed by atoms with Gasteiger partial charge in [-0.1, -0.05) is 60.7 Å². The van der Waals surface area contributed by atoms with Crippen molar-refractivity contribution in [3.63, 3.8) is 0 Å². The molecule has 27 heavy (non-hydrogen) atoms. The summed E-state index contributed by atoms with van der Waals surface area (Å²) in [6.45, 7) is 2.83. The highest BCUT2D eigenvalue weighted by molar-refractivity contribution is 7.90. The van der Waals surface area contributed by atoms with E-state index >= 15 is 0 Å². The summed E-state index contributed by atoms with van der Waals surface area (Å²) in [5.74, 6) is -0.140. The molecule has 6 heteroatoms. The van der Waals surface area contributed by atoms with Crippen LogP contribution in [-0.2, 0) is 23.1 Å². The number of benzene rings is 2. The predicted molar refractivity (Wildman–Crippen MR) is 107 cm³/mol. The van der Waals surface area contributed by atoms with Crippen molar-refractivity contribution >= 4 is 15.7 Å². The molecule has 4 rings (SSSR count). The average Bonchev–Trinajstić information content (AvgIpc) is 2.85. The standard InChI is InChI=1S/C21H25N3O2S/c22-20-17-27(25,26)24(16-19-9-5-2-6-10-19)21(20)11-13-23(14-12-21)15-18-7-3-1-4-8-18/h1-10,22H,11-17H2. The van der Waals surface area contributed by atoms with Crippen LogP contribution in [0.4, 0.5) is 0 Å². The highest BCUT2D eigenvalue weighted by Crippen LogP contribution is 2.39. The fourth-order valence-corrected chi connectivity index (χ4v) is 6.24. The summed E-state index contributed by atoms with van der Waals surface area (Å²) in [6, 6.07) is 20.0. The molecular weight excluding hydrogens is 358 g/mol. The van der Waals surface area contributed by atoms with Crippen molar-refractivity contribution in [2.75, 3.05) is 18.8 Å². The van der Waals surface area contributed by atoms with Gasteiger partial charge in [0.25, 0.3) is 0 Å². The first-order valence-electron chi connectivity index (χ1n) is 9.38. The summed E-state index contributed by atoms with van der Waals surface area (Å²) in [7, 11) is -3.43. The molecule has 0 amide bonds.